The Bertz CT molecular complexity index is 1150. The highest BCUT2D eigenvalue weighted by atomic mass is 16.5. The Balaban J connectivity index is 1.68. The lowest BCUT2D eigenvalue weighted by Crippen LogP contribution is -2.35. The van der Waals surface area contributed by atoms with Crippen molar-refractivity contribution in [3.05, 3.63) is 65.5 Å². The molecule has 0 radical (unpaired) electrons. The first-order valence-corrected chi connectivity index (χ1v) is 10.5. The molecule has 0 fully saturated rings. The van der Waals surface area contributed by atoms with Crippen LogP contribution in [0.4, 0.5) is 16.3 Å². The van der Waals surface area contributed by atoms with Crippen molar-refractivity contribution in [3.8, 4) is 17.0 Å². The molecule has 0 aliphatic carbocycles. The van der Waals surface area contributed by atoms with Crippen LogP contribution >= 0.6 is 0 Å². The van der Waals surface area contributed by atoms with E-state index < -0.39 is 6.09 Å². The summed E-state index contributed by atoms with van der Waals surface area (Å²) in [6, 6.07) is 13.8. The summed E-state index contributed by atoms with van der Waals surface area (Å²) in [7, 11) is 1.60. The molecule has 7 heteroatoms. The molecule has 3 aromatic rings. The highest BCUT2D eigenvalue weighted by Gasteiger charge is 2.40. The number of carbonyl (C=O) groups is 1. The number of hydrogen-bond acceptors (Lipinski definition) is 5. The topological polar surface area (TPSA) is 87.6 Å². The number of nitrogens with one attached hydrogen (secondary N) is 1. The van der Waals surface area contributed by atoms with Crippen molar-refractivity contribution in [1.82, 2.24) is 14.9 Å². The van der Waals surface area contributed by atoms with E-state index in [1.54, 1.807) is 7.11 Å². The van der Waals surface area contributed by atoms with Crippen LogP contribution in [0.2, 0.25) is 0 Å². The van der Waals surface area contributed by atoms with Crippen molar-refractivity contribution in [2.24, 2.45) is 5.41 Å². The molecule has 1 amide bonds. The van der Waals surface area contributed by atoms with Crippen LogP contribution < -0.4 is 10.1 Å². The molecule has 0 spiro atoms. The number of amides is 1. The quantitative estimate of drug-likeness (QED) is 0.543. The van der Waals surface area contributed by atoms with Crippen LogP contribution in [0.5, 0.6) is 5.75 Å². The summed E-state index contributed by atoms with van der Waals surface area (Å²) in [6.07, 6.45) is 0.603. The summed E-state index contributed by atoms with van der Waals surface area (Å²) in [5.74, 6) is 1.11. The summed E-state index contributed by atoms with van der Waals surface area (Å²) < 4.78 is 5.66. The van der Waals surface area contributed by atoms with Gasteiger partial charge in [-0.25, -0.2) is 14.8 Å². The van der Waals surface area contributed by atoms with Gasteiger partial charge >= 0.3 is 6.09 Å². The maximum Gasteiger partial charge on any atom is 0.408 e. The molecule has 1 atom stereocenters. The first-order valence-electron chi connectivity index (χ1n) is 10.5. The molecule has 0 bridgehead atoms. The number of ether oxygens (including phenoxy) is 1. The average Bonchev–Trinajstić information content (AvgIpc) is 3.14. The SMILES string of the molecule is COc1c(Nc2ccc3c(c2)CN(C(=O)O)C3C(C)(C)C)ncnc1-c1ccc(C)cc1. The third-order valence-electron chi connectivity index (χ3n) is 5.75. The van der Waals surface area contributed by atoms with Gasteiger partial charge in [0.25, 0.3) is 0 Å². The molecule has 1 aromatic heterocycles. The van der Waals surface area contributed by atoms with Crippen LogP contribution in [0.25, 0.3) is 11.3 Å². The van der Waals surface area contributed by atoms with E-state index in [1.807, 2.05) is 49.4 Å². The van der Waals surface area contributed by atoms with Crippen molar-refractivity contribution < 1.29 is 14.6 Å². The Labute approximate surface area is 188 Å². The third-order valence-corrected chi connectivity index (χ3v) is 5.75. The van der Waals surface area contributed by atoms with Gasteiger partial charge in [0.1, 0.15) is 12.0 Å². The minimum Gasteiger partial charge on any atom is -0.491 e. The highest BCUT2D eigenvalue weighted by molar-refractivity contribution is 5.76. The van der Waals surface area contributed by atoms with Crippen LogP contribution in [0.1, 0.15) is 43.5 Å². The number of carboxylic acid groups (broad SMARTS) is 1. The monoisotopic (exact) mass is 432 g/mol. The van der Waals surface area contributed by atoms with Crippen molar-refractivity contribution >= 4 is 17.6 Å². The standard InChI is InChI=1S/C25H28N4O3/c1-15-6-8-16(9-7-15)20-21(32-5)23(27-14-26-20)28-18-10-11-19-17(12-18)13-29(24(30)31)22(19)25(2,3)4/h6-12,14,22H,13H2,1-5H3,(H,30,31)(H,26,27,28). The van der Waals surface area contributed by atoms with E-state index in [0.29, 0.717) is 23.8 Å². The Morgan fingerprint density at radius 3 is 2.50 bits per heavy atom. The second kappa shape index (κ2) is 8.15. The summed E-state index contributed by atoms with van der Waals surface area (Å²) in [5.41, 5.74) is 5.45. The van der Waals surface area contributed by atoms with Crippen molar-refractivity contribution in [3.63, 3.8) is 0 Å². The summed E-state index contributed by atoms with van der Waals surface area (Å²) in [6.45, 7) is 8.59. The van der Waals surface area contributed by atoms with Crippen molar-refractivity contribution in [1.29, 1.82) is 0 Å². The van der Waals surface area contributed by atoms with Crippen molar-refractivity contribution in [2.75, 3.05) is 12.4 Å². The molecule has 2 N–H and O–H groups in total. The first kappa shape index (κ1) is 21.6. The zero-order chi connectivity index (χ0) is 23.0. The Hall–Kier alpha value is -3.61. The molecule has 1 unspecified atom stereocenters. The Morgan fingerprint density at radius 2 is 1.88 bits per heavy atom. The maximum absolute atomic E-state index is 11.9. The molecule has 7 nitrogen and oxygen atoms in total. The molecule has 4 rings (SSSR count). The van der Waals surface area contributed by atoms with Gasteiger partial charge in [0, 0.05) is 11.3 Å². The van der Waals surface area contributed by atoms with Crippen LogP contribution in [0.3, 0.4) is 0 Å². The highest BCUT2D eigenvalue weighted by Crippen LogP contribution is 2.46. The molecule has 2 heterocycles. The number of fused-ring (bicyclic) bond motifs is 1. The third kappa shape index (κ3) is 3.98. The number of anilines is 2. The molecule has 0 saturated carbocycles. The number of methoxy groups -OCH3 is 1. The van der Waals surface area contributed by atoms with E-state index in [4.69, 9.17) is 4.74 Å². The van der Waals surface area contributed by atoms with Crippen molar-refractivity contribution in [2.45, 2.75) is 40.3 Å². The molecule has 0 saturated heterocycles. The van der Waals surface area contributed by atoms with Gasteiger partial charge in [0.15, 0.2) is 11.6 Å². The minimum atomic E-state index is -0.907. The number of aryl methyl sites for hydroxylation is 1. The fraction of sp³-hybridized carbons (Fsp3) is 0.320. The van der Waals surface area contributed by atoms with Crippen LogP contribution in [-0.2, 0) is 6.54 Å². The van der Waals surface area contributed by atoms with Gasteiger partial charge in [-0.2, -0.15) is 0 Å². The molecule has 1 aliphatic heterocycles. The molecule has 2 aromatic carbocycles. The van der Waals surface area contributed by atoms with E-state index in [1.165, 1.54) is 16.8 Å². The Kier molecular flexibility index (Phi) is 5.50. The number of hydrogen-bond donors (Lipinski definition) is 2. The van der Waals surface area contributed by atoms with Gasteiger partial charge in [-0.15, -0.1) is 0 Å². The Morgan fingerprint density at radius 1 is 1.16 bits per heavy atom. The molecular formula is C25H28N4O3. The van der Waals surface area contributed by atoms with Gasteiger partial charge in [0.2, 0.25) is 0 Å². The summed E-state index contributed by atoms with van der Waals surface area (Å²) in [5, 5.41) is 13.1. The first-order chi connectivity index (χ1) is 15.2. The number of nitrogens with zero attached hydrogens (tertiary/aromatic N) is 3. The predicted octanol–water partition coefficient (Wildman–Crippen LogP) is 5.79. The second-order valence-electron chi connectivity index (χ2n) is 9.19. The van der Waals surface area contributed by atoms with Gasteiger partial charge in [0.05, 0.1) is 19.7 Å². The van der Waals surface area contributed by atoms with E-state index in [0.717, 1.165) is 22.4 Å². The van der Waals surface area contributed by atoms with E-state index in [2.05, 4.69) is 36.1 Å². The van der Waals surface area contributed by atoms with Crippen LogP contribution in [0, 0.1) is 12.3 Å². The van der Waals surface area contributed by atoms with E-state index in [9.17, 15) is 9.90 Å². The zero-order valence-electron chi connectivity index (χ0n) is 19.0. The van der Waals surface area contributed by atoms with Gasteiger partial charge < -0.3 is 15.2 Å². The average molecular weight is 433 g/mol. The summed E-state index contributed by atoms with van der Waals surface area (Å²) >= 11 is 0. The van der Waals surface area contributed by atoms with Crippen LogP contribution in [-0.4, -0.2) is 33.2 Å². The largest absolute Gasteiger partial charge is 0.491 e. The molecule has 32 heavy (non-hydrogen) atoms. The summed E-state index contributed by atoms with van der Waals surface area (Å²) in [4.78, 5) is 22.2. The fourth-order valence-electron chi connectivity index (χ4n) is 4.35. The van der Waals surface area contributed by atoms with Crippen LogP contribution in [0.15, 0.2) is 48.8 Å². The van der Waals surface area contributed by atoms with Gasteiger partial charge in [-0.1, -0.05) is 56.7 Å². The van der Waals surface area contributed by atoms with E-state index in [-0.39, 0.29) is 11.5 Å². The van der Waals surface area contributed by atoms with Gasteiger partial charge in [-0.05, 0) is 35.6 Å². The lowest BCUT2D eigenvalue weighted by molar-refractivity contribution is 0.0900. The van der Waals surface area contributed by atoms with Gasteiger partial charge in [-0.3, -0.25) is 4.90 Å². The molecule has 166 valence electrons. The molecular weight excluding hydrogens is 404 g/mol. The molecule has 1 aliphatic rings. The minimum absolute atomic E-state index is 0.189. The number of rotatable bonds is 4. The lowest BCUT2D eigenvalue weighted by Gasteiger charge is -2.34. The predicted molar refractivity (Wildman–Crippen MR) is 124 cm³/mol. The van der Waals surface area contributed by atoms with E-state index >= 15 is 0 Å². The number of benzene rings is 2. The smallest absolute Gasteiger partial charge is 0.408 e. The second-order valence-corrected chi connectivity index (χ2v) is 9.19. The normalized spacial score (nSPS) is 15.4. The zero-order valence-corrected chi connectivity index (χ0v) is 19.0. The number of aromatic nitrogens is 2. The fourth-order valence-corrected chi connectivity index (χ4v) is 4.35. The maximum atomic E-state index is 11.9. The lowest BCUT2D eigenvalue weighted by atomic mass is 9.82.